The van der Waals surface area contributed by atoms with Gasteiger partial charge in [0.2, 0.25) is 5.16 Å². The van der Waals surface area contributed by atoms with Crippen LogP contribution in [0.1, 0.15) is 0 Å². The first kappa shape index (κ1) is 10.0. The summed E-state index contributed by atoms with van der Waals surface area (Å²) < 4.78 is 6.82. The summed E-state index contributed by atoms with van der Waals surface area (Å²) >= 11 is 1.52. The third kappa shape index (κ3) is 2.12. The third-order valence-corrected chi connectivity index (χ3v) is 2.54. The summed E-state index contributed by atoms with van der Waals surface area (Å²) in [6.45, 7) is 0. The summed E-state index contributed by atoms with van der Waals surface area (Å²) in [5.74, 6) is 0.837. The minimum absolute atomic E-state index is 0.769. The highest BCUT2D eigenvalue weighted by Gasteiger charge is 2.01. The van der Waals surface area contributed by atoms with Crippen molar-refractivity contribution in [3.63, 3.8) is 0 Å². The van der Waals surface area contributed by atoms with E-state index in [0.717, 1.165) is 16.6 Å². The van der Waals surface area contributed by atoms with Crippen molar-refractivity contribution in [3.05, 3.63) is 30.6 Å². The quantitative estimate of drug-likeness (QED) is 0.743. The topological polar surface area (TPSA) is 39.9 Å². The standard InChI is InChI=1S/C10H11N3OS/c1-14-9-5-3-8(4-6-9)13-7-11-10(12-13)15-2/h3-7H,1-2H3. The first-order valence-corrected chi connectivity index (χ1v) is 5.66. The lowest BCUT2D eigenvalue weighted by atomic mass is 10.3. The summed E-state index contributed by atoms with van der Waals surface area (Å²) in [5.41, 5.74) is 0.976. The molecule has 4 nitrogen and oxygen atoms in total. The van der Waals surface area contributed by atoms with Gasteiger partial charge in [0.05, 0.1) is 12.8 Å². The monoisotopic (exact) mass is 221 g/mol. The van der Waals surface area contributed by atoms with E-state index in [9.17, 15) is 0 Å². The van der Waals surface area contributed by atoms with Gasteiger partial charge in [0.1, 0.15) is 12.1 Å². The van der Waals surface area contributed by atoms with Gasteiger partial charge in [0, 0.05) is 0 Å². The molecular weight excluding hydrogens is 210 g/mol. The summed E-state index contributed by atoms with van der Waals surface area (Å²) in [6, 6.07) is 7.68. The van der Waals surface area contributed by atoms with Crippen molar-refractivity contribution in [2.45, 2.75) is 5.16 Å². The van der Waals surface area contributed by atoms with Crippen LogP contribution in [0.3, 0.4) is 0 Å². The number of hydrogen-bond donors (Lipinski definition) is 0. The SMILES string of the molecule is COc1ccc(-n2cnc(SC)n2)cc1. The van der Waals surface area contributed by atoms with Gasteiger partial charge in [-0.05, 0) is 30.5 Å². The molecule has 0 atom stereocenters. The smallest absolute Gasteiger partial charge is 0.208 e. The molecular formula is C10H11N3OS. The highest BCUT2D eigenvalue weighted by Crippen LogP contribution is 2.15. The van der Waals surface area contributed by atoms with Gasteiger partial charge in [0.25, 0.3) is 0 Å². The zero-order valence-corrected chi connectivity index (χ0v) is 9.36. The van der Waals surface area contributed by atoms with Crippen LogP contribution in [0.2, 0.25) is 0 Å². The van der Waals surface area contributed by atoms with Crippen LogP contribution < -0.4 is 4.74 Å². The van der Waals surface area contributed by atoms with Gasteiger partial charge in [-0.15, -0.1) is 5.10 Å². The van der Waals surface area contributed by atoms with Gasteiger partial charge < -0.3 is 4.74 Å². The van der Waals surface area contributed by atoms with Gasteiger partial charge >= 0.3 is 0 Å². The molecule has 1 aromatic carbocycles. The number of rotatable bonds is 3. The van der Waals surface area contributed by atoms with Crippen molar-refractivity contribution >= 4 is 11.8 Å². The average molecular weight is 221 g/mol. The predicted molar refractivity (Wildman–Crippen MR) is 59.7 cm³/mol. The van der Waals surface area contributed by atoms with Gasteiger partial charge in [-0.2, -0.15) is 0 Å². The zero-order chi connectivity index (χ0) is 10.7. The van der Waals surface area contributed by atoms with Crippen molar-refractivity contribution in [1.82, 2.24) is 14.8 Å². The molecule has 0 spiro atoms. The number of hydrogen-bond acceptors (Lipinski definition) is 4. The Bertz CT molecular complexity index is 438. The Morgan fingerprint density at radius 2 is 2.00 bits per heavy atom. The van der Waals surface area contributed by atoms with E-state index in [-0.39, 0.29) is 0 Å². The van der Waals surface area contributed by atoms with E-state index < -0.39 is 0 Å². The second kappa shape index (κ2) is 4.35. The maximum absolute atomic E-state index is 5.08. The molecule has 0 saturated carbocycles. The van der Waals surface area contributed by atoms with Crippen LogP contribution in [0, 0.1) is 0 Å². The fourth-order valence-electron chi connectivity index (χ4n) is 1.20. The van der Waals surface area contributed by atoms with Crippen molar-refractivity contribution in [2.24, 2.45) is 0 Å². The molecule has 0 bridgehead atoms. The zero-order valence-electron chi connectivity index (χ0n) is 8.54. The van der Waals surface area contributed by atoms with Crippen LogP contribution >= 0.6 is 11.8 Å². The summed E-state index contributed by atoms with van der Waals surface area (Å²) in [6.07, 6.45) is 3.65. The number of methoxy groups -OCH3 is 1. The van der Waals surface area contributed by atoms with E-state index in [1.807, 2.05) is 30.5 Å². The van der Waals surface area contributed by atoms with E-state index in [1.54, 1.807) is 18.1 Å². The second-order valence-electron chi connectivity index (χ2n) is 2.87. The van der Waals surface area contributed by atoms with E-state index in [2.05, 4.69) is 10.1 Å². The predicted octanol–water partition coefficient (Wildman–Crippen LogP) is 2.00. The van der Waals surface area contributed by atoms with E-state index >= 15 is 0 Å². The van der Waals surface area contributed by atoms with Gasteiger partial charge in [-0.1, -0.05) is 11.8 Å². The van der Waals surface area contributed by atoms with Crippen molar-refractivity contribution in [1.29, 1.82) is 0 Å². The first-order chi connectivity index (χ1) is 7.33. The molecule has 2 rings (SSSR count). The third-order valence-electron chi connectivity index (χ3n) is 1.99. The molecule has 0 amide bonds. The second-order valence-corrected chi connectivity index (χ2v) is 3.65. The number of thioether (sulfide) groups is 1. The number of benzene rings is 1. The molecule has 0 fully saturated rings. The molecule has 2 aromatic rings. The van der Waals surface area contributed by atoms with Gasteiger partial charge in [0.15, 0.2) is 0 Å². The Kier molecular flexibility index (Phi) is 2.91. The molecule has 0 aliphatic rings. The van der Waals surface area contributed by atoms with E-state index in [1.165, 1.54) is 11.8 Å². The lowest BCUT2D eigenvalue weighted by molar-refractivity contribution is 0.414. The summed E-state index contributed by atoms with van der Waals surface area (Å²) in [4.78, 5) is 4.14. The van der Waals surface area contributed by atoms with Crippen molar-refractivity contribution < 1.29 is 4.74 Å². The molecule has 0 aliphatic heterocycles. The lowest BCUT2D eigenvalue weighted by Gasteiger charge is -2.02. The van der Waals surface area contributed by atoms with E-state index in [0.29, 0.717) is 0 Å². The first-order valence-electron chi connectivity index (χ1n) is 4.43. The van der Waals surface area contributed by atoms with Crippen molar-refractivity contribution in [2.75, 3.05) is 13.4 Å². The van der Waals surface area contributed by atoms with Crippen LogP contribution in [0.4, 0.5) is 0 Å². The highest BCUT2D eigenvalue weighted by molar-refractivity contribution is 7.98. The Morgan fingerprint density at radius 1 is 1.27 bits per heavy atom. The fraction of sp³-hybridized carbons (Fsp3) is 0.200. The molecule has 0 saturated heterocycles. The van der Waals surface area contributed by atoms with Crippen LogP contribution in [0.15, 0.2) is 35.7 Å². The van der Waals surface area contributed by atoms with Crippen LogP contribution in [0.5, 0.6) is 5.75 Å². The normalized spacial score (nSPS) is 10.3. The average Bonchev–Trinajstić information content (AvgIpc) is 2.78. The Hall–Kier alpha value is -1.49. The number of ether oxygens (including phenoxy) is 1. The summed E-state index contributed by atoms with van der Waals surface area (Å²) in [7, 11) is 1.65. The molecule has 0 radical (unpaired) electrons. The molecule has 0 N–H and O–H groups in total. The van der Waals surface area contributed by atoms with Crippen molar-refractivity contribution in [3.8, 4) is 11.4 Å². The van der Waals surface area contributed by atoms with Crippen LogP contribution in [0.25, 0.3) is 5.69 Å². The molecule has 15 heavy (non-hydrogen) atoms. The molecule has 0 unspecified atom stereocenters. The highest BCUT2D eigenvalue weighted by atomic mass is 32.2. The molecule has 78 valence electrons. The number of aromatic nitrogens is 3. The van der Waals surface area contributed by atoms with Gasteiger partial charge in [-0.3, -0.25) is 0 Å². The Balaban J connectivity index is 2.28. The maximum atomic E-state index is 5.08. The van der Waals surface area contributed by atoms with Crippen LogP contribution in [-0.2, 0) is 0 Å². The molecule has 1 aromatic heterocycles. The molecule has 0 aliphatic carbocycles. The largest absolute Gasteiger partial charge is 0.497 e. The minimum atomic E-state index is 0.769. The minimum Gasteiger partial charge on any atom is -0.497 e. The Morgan fingerprint density at radius 3 is 2.53 bits per heavy atom. The van der Waals surface area contributed by atoms with E-state index in [4.69, 9.17) is 4.74 Å². The van der Waals surface area contributed by atoms with Gasteiger partial charge in [-0.25, -0.2) is 9.67 Å². The molecule has 5 heteroatoms. The molecule has 1 heterocycles. The summed E-state index contributed by atoms with van der Waals surface area (Å²) in [5, 5.41) is 5.05. The maximum Gasteiger partial charge on any atom is 0.208 e. The lowest BCUT2D eigenvalue weighted by Crippen LogP contribution is -1.94. The number of nitrogens with zero attached hydrogens (tertiary/aromatic N) is 3. The fourth-order valence-corrected chi connectivity index (χ4v) is 1.52. The van der Waals surface area contributed by atoms with Crippen LogP contribution in [-0.4, -0.2) is 28.1 Å². The Labute approximate surface area is 92.3 Å².